The Labute approximate surface area is 159 Å². The maximum absolute atomic E-state index is 5.58. The molecule has 0 bridgehead atoms. The maximum Gasteiger partial charge on any atom is 0.195 e. The molecule has 2 rings (SSSR count). The summed E-state index contributed by atoms with van der Waals surface area (Å²) >= 11 is 0. The van der Waals surface area contributed by atoms with Gasteiger partial charge < -0.3 is 24.5 Å². The molecule has 6 nitrogen and oxygen atoms in total. The molecular weight excluding hydrogens is 421 g/mol. The fraction of sp³-hybridized carbons (Fsp3) is 0.353. The summed E-state index contributed by atoms with van der Waals surface area (Å²) in [5, 5.41) is 6.47. The van der Waals surface area contributed by atoms with Crippen molar-refractivity contribution in [3.05, 3.63) is 42.4 Å². The van der Waals surface area contributed by atoms with Crippen LogP contribution in [0.3, 0.4) is 0 Å². The van der Waals surface area contributed by atoms with E-state index in [0.717, 1.165) is 24.4 Å². The lowest BCUT2D eigenvalue weighted by molar-refractivity contribution is 0.311. The van der Waals surface area contributed by atoms with Gasteiger partial charge in [-0.3, -0.25) is 4.99 Å². The van der Waals surface area contributed by atoms with Gasteiger partial charge in [-0.05, 0) is 31.2 Å². The van der Waals surface area contributed by atoms with E-state index < -0.39 is 0 Å². The standard InChI is InChI=1S/C17H23N3O3.HI/c1-4-22-16-12-13(7-8-15(16)21-3)20-17(18-2)19-10-9-14-6-5-11-23-14;/h5-8,11-12H,4,9-10H2,1-3H3,(H2,18,19,20);1H. The van der Waals surface area contributed by atoms with Crippen molar-refractivity contribution in [3.8, 4) is 11.5 Å². The highest BCUT2D eigenvalue weighted by atomic mass is 127. The molecule has 1 heterocycles. The van der Waals surface area contributed by atoms with Gasteiger partial charge in [-0.1, -0.05) is 0 Å². The summed E-state index contributed by atoms with van der Waals surface area (Å²) in [5.74, 6) is 3.03. The normalized spacial score (nSPS) is 10.7. The summed E-state index contributed by atoms with van der Waals surface area (Å²) in [7, 11) is 3.36. The minimum Gasteiger partial charge on any atom is -0.493 e. The molecule has 0 aliphatic carbocycles. The number of benzene rings is 1. The van der Waals surface area contributed by atoms with E-state index in [1.54, 1.807) is 20.4 Å². The fourth-order valence-electron chi connectivity index (χ4n) is 2.10. The summed E-state index contributed by atoms with van der Waals surface area (Å²) in [6, 6.07) is 9.51. The van der Waals surface area contributed by atoms with Gasteiger partial charge in [0.05, 0.1) is 20.0 Å². The second-order valence-electron chi connectivity index (χ2n) is 4.75. The molecule has 24 heavy (non-hydrogen) atoms. The van der Waals surface area contributed by atoms with Crippen LogP contribution in [-0.2, 0) is 6.42 Å². The minimum absolute atomic E-state index is 0. The van der Waals surface area contributed by atoms with Crippen LogP contribution in [0.15, 0.2) is 46.0 Å². The number of hydrogen-bond acceptors (Lipinski definition) is 4. The summed E-state index contributed by atoms with van der Waals surface area (Å²) in [4.78, 5) is 4.21. The second kappa shape index (κ2) is 10.8. The van der Waals surface area contributed by atoms with E-state index in [4.69, 9.17) is 13.9 Å². The van der Waals surface area contributed by atoms with Crippen LogP contribution < -0.4 is 20.1 Å². The number of nitrogens with zero attached hydrogens (tertiary/aromatic N) is 1. The van der Waals surface area contributed by atoms with Gasteiger partial charge >= 0.3 is 0 Å². The number of rotatable bonds is 7. The predicted octanol–water partition coefficient (Wildman–Crippen LogP) is 3.53. The molecule has 0 aliphatic heterocycles. The zero-order valence-electron chi connectivity index (χ0n) is 14.2. The highest BCUT2D eigenvalue weighted by molar-refractivity contribution is 14.0. The highest BCUT2D eigenvalue weighted by Gasteiger charge is 2.07. The van der Waals surface area contributed by atoms with Crippen molar-refractivity contribution in [3.63, 3.8) is 0 Å². The van der Waals surface area contributed by atoms with E-state index in [-0.39, 0.29) is 24.0 Å². The third-order valence-corrected chi connectivity index (χ3v) is 3.19. The van der Waals surface area contributed by atoms with Crippen molar-refractivity contribution in [2.45, 2.75) is 13.3 Å². The molecule has 132 valence electrons. The lowest BCUT2D eigenvalue weighted by atomic mass is 10.2. The van der Waals surface area contributed by atoms with Crippen LogP contribution in [0, 0.1) is 0 Å². The molecule has 7 heteroatoms. The Morgan fingerprint density at radius 3 is 2.71 bits per heavy atom. The smallest absolute Gasteiger partial charge is 0.195 e. The fourth-order valence-corrected chi connectivity index (χ4v) is 2.10. The van der Waals surface area contributed by atoms with Gasteiger partial charge in [-0.15, -0.1) is 24.0 Å². The molecule has 1 aromatic heterocycles. The van der Waals surface area contributed by atoms with Gasteiger partial charge in [0.25, 0.3) is 0 Å². The number of guanidine groups is 1. The summed E-state index contributed by atoms with van der Waals surface area (Å²) < 4.78 is 16.2. The van der Waals surface area contributed by atoms with E-state index in [2.05, 4.69) is 15.6 Å². The van der Waals surface area contributed by atoms with Crippen LogP contribution in [0.5, 0.6) is 11.5 Å². The molecule has 2 N–H and O–H groups in total. The zero-order valence-corrected chi connectivity index (χ0v) is 16.5. The second-order valence-corrected chi connectivity index (χ2v) is 4.75. The lowest BCUT2D eigenvalue weighted by Gasteiger charge is -2.14. The molecule has 0 aliphatic rings. The summed E-state index contributed by atoms with van der Waals surface area (Å²) in [5.41, 5.74) is 0.875. The third-order valence-electron chi connectivity index (χ3n) is 3.19. The third kappa shape index (κ3) is 5.95. The van der Waals surface area contributed by atoms with Crippen LogP contribution in [-0.4, -0.2) is 33.3 Å². The Kier molecular flexibility index (Phi) is 9.06. The molecule has 0 saturated heterocycles. The van der Waals surface area contributed by atoms with E-state index in [9.17, 15) is 0 Å². The number of anilines is 1. The Balaban J connectivity index is 0.00000288. The Morgan fingerprint density at radius 1 is 1.25 bits per heavy atom. The largest absolute Gasteiger partial charge is 0.493 e. The molecule has 0 atom stereocenters. The molecule has 0 fully saturated rings. The van der Waals surface area contributed by atoms with Crippen molar-refractivity contribution in [2.24, 2.45) is 4.99 Å². The first-order valence-electron chi connectivity index (χ1n) is 7.57. The van der Waals surface area contributed by atoms with Crippen LogP contribution in [0.2, 0.25) is 0 Å². The Morgan fingerprint density at radius 2 is 2.08 bits per heavy atom. The number of ether oxygens (including phenoxy) is 2. The number of furan rings is 1. The SMILES string of the molecule is CCOc1cc(NC(=NC)NCCc2ccco2)ccc1OC.I. The van der Waals surface area contributed by atoms with Gasteiger partial charge in [0.2, 0.25) is 0 Å². The van der Waals surface area contributed by atoms with Gasteiger partial charge in [-0.25, -0.2) is 0 Å². The van der Waals surface area contributed by atoms with Crippen molar-refractivity contribution in [1.82, 2.24) is 5.32 Å². The van der Waals surface area contributed by atoms with E-state index >= 15 is 0 Å². The zero-order chi connectivity index (χ0) is 16.5. The number of nitrogens with one attached hydrogen (secondary N) is 2. The number of hydrogen-bond donors (Lipinski definition) is 2. The van der Waals surface area contributed by atoms with Gasteiger partial charge in [0.15, 0.2) is 17.5 Å². The monoisotopic (exact) mass is 445 g/mol. The van der Waals surface area contributed by atoms with Crippen LogP contribution in [0.25, 0.3) is 0 Å². The van der Waals surface area contributed by atoms with Crippen molar-refractivity contribution >= 4 is 35.6 Å². The van der Waals surface area contributed by atoms with Crippen molar-refractivity contribution in [1.29, 1.82) is 0 Å². The molecule has 0 unspecified atom stereocenters. The van der Waals surface area contributed by atoms with Crippen LogP contribution >= 0.6 is 24.0 Å². The van der Waals surface area contributed by atoms with E-state index in [0.29, 0.717) is 24.1 Å². The molecule has 0 radical (unpaired) electrons. The van der Waals surface area contributed by atoms with Crippen LogP contribution in [0.1, 0.15) is 12.7 Å². The average Bonchev–Trinajstić information content (AvgIpc) is 3.08. The Hall–Kier alpha value is -1.90. The Bertz CT molecular complexity index is 630. The van der Waals surface area contributed by atoms with E-state index in [1.165, 1.54) is 0 Å². The average molecular weight is 445 g/mol. The van der Waals surface area contributed by atoms with Crippen molar-refractivity contribution in [2.75, 3.05) is 32.6 Å². The summed E-state index contributed by atoms with van der Waals surface area (Å²) in [6.07, 6.45) is 2.47. The van der Waals surface area contributed by atoms with Gasteiger partial charge in [0, 0.05) is 31.8 Å². The van der Waals surface area contributed by atoms with E-state index in [1.807, 2.05) is 37.3 Å². The topological polar surface area (TPSA) is 68.0 Å². The quantitative estimate of drug-likeness (QED) is 0.388. The summed E-state index contributed by atoms with van der Waals surface area (Å²) in [6.45, 7) is 3.24. The van der Waals surface area contributed by atoms with Crippen LogP contribution in [0.4, 0.5) is 5.69 Å². The number of aliphatic imine (C=N–C) groups is 1. The number of halogens is 1. The minimum atomic E-state index is 0. The first-order chi connectivity index (χ1) is 11.3. The highest BCUT2D eigenvalue weighted by Crippen LogP contribution is 2.30. The first kappa shape index (κ1) is 20.1. The number of methoxy groups -OCH3 is 1. The molecule has 0 spiro atoms. The molecule has 0 saturated carbocycles. The first-order valence-corrected chi connectivity index (χ1v) is 7.57. The molecule has 1 aromatic carbocycles. The van der Waals surface area contributed by atoms with Crippen molar-refractivity contribution < 1.29 is 13.9 Å². The molecular formula is C17H24IN3O3. The predicted molar refractivity (Wildman–Crippen MR) is 107 cm³/mol. The molecule has 0 amide bonds. The lowest BCUT2D eigenvalue weighted by Crippen LogP contribution is -2.32. The van der Waals surface area contributed by atoms with Gasteiger partial charge in [-0.2, -0.15) is 0 Å². The maximum atomic E-state index is 5.58. The van der Waals surface area contributed by atoms with Gasteiger partial charge in [0.1, 0.15) is 5.76 Å². The molecule has 2 aromatic rings.